The smallest absolute Gasteiger partial charge is 0.146 e. The minimum Gasteiger partial charge on any atom is -0.366 e. The number of fused-ring (bicyclic) bond motifs is 1. The van der Waals surface area contributed by atoms with Gasteiger partial charge in [-0.25, -0.2) is 4.68 Å². The Bertz CT molecular complexity index is 1110. The van der Waals surface area contributed by atoms with Crippen LogP contribution in [-0.4, -0.2) is 45.3 Å². The monoisotopic (exact) mass is 504 g/mol. The first kappa shape index (κ1) is 21.9. The van der Waals surface area contributed by atoms with E-state index in [0.29, 0.717) is 12.5 Å². The van der Waals surface area contributed by atoms with E-state index in [1.165, 1.54) is 18.4 Å². The number of nitrogens with zero attached hydrogens (tertiary/aromatic N) is 4. The van der Waals surface area contributed by atoms with Crippen LogP contribution in [0.25, 0.3) is 11.9 Å². The molecule has 2 aliphatic rings. The van der Waals surface area contributed by atoms with Gasteiger partial charge in [-0.3, -0.25) is 9.88 Å². The summed E-state index contributed by atoms with van der Waals surface area (Å²) < 4.78 is 2.93. The number of hydrogen-bond acceptors (Lipinski definition) is 5. The van der Waals surface area contributed by atoms with Crippen molar-refractivity contribution in [1.29, 1.82) is 0 Å². The summed E-state index contributed by atoms with van der Waals surface area (Å²) >= 11 is 3.66. The fourth-order valence-corrected chi connectivity index (χ4v) is 4.99. The minimum atomic E-state index is 0.253. The van der Waals surface area contributed by atoms with Crippen LogP contribution in [0.3, 0.4) is 0 Å². The van der Waals surface area contributed by atoms with Gasteiger partial charge in [0.15, 0.2) is 0 Å². The number of rotatable bonds is 7. The lowest BCUT2D eigenvalue weighted by Gasteiger charge is -2.38. The lowest BCUT2D eigenvalue weighted by molar-refractivity contribution is 0.185. The molecule has 2 aromatic heterocycles. The van der Waals surface area contributed by atoms with Crippen molar-refractivity contribution in [2.75, 3.05) is 25.0 Å². The molecule has 7 heteroatoms. The van der Waals surface area contributed by atoms with E-state index in [2.05, 4.69) is 96.2 Å². The quantitative estimate of drug-likeness (QED) is 0.481. The van der Waals surface area contributed by atoms with Crippen LogP contribution in [0.1, 0.15) is 24.0 Å². The Hall–Kier alpha value is -2.90. The molecule has 1 aromatic carbocycles. The van der Waals surface area contributed by atoms with Crippen LogP contribution in [0.15, 0.2) is 77.7 Å². The molecule has 0 aliphatic carbocycles. The highest BCUT2D eigenvalue weighted by atomic mass is 79.9. The van der Waals surface area contributed by atoms with Crippen molar-refractivity contribution in [3.8, 4) is 0 Å². The normalized spacial score (nSPS) is 20.8. The Kier molecular flexibility index (Phi) is 6.88. The van der Waals surface area contributed by atoms with Crippen molar-refractivity contribution in [2.45, 2.75) is 25.4 Å². The van der Waals surface area contributed by atoms with Crippen molar-refractivity contribution in [2.24, 2.45) is 5.92 Å². The van der Waals surface area contributed by atoms with E-state index in [4.69, 9.17) is 0 Å². The van der Waals surface area contributed by atoms with Crippen molar-refractivity contribution in [1.82, 2.24) is 25.0 Å². The van der Waals surface area contributed by atoms with Crippen LogP contribution in [-0.2, 0) is 6.54 Å². The van der Waals surface area contributed by atoms with Crippen molar-refractivity contribution in [3.63, 3.8) is 0 Å². The Balaban J connectivity index is 1.27. The van der Waals surface area contributed by atoms with E-state index in [1.54, 1.807) is 6.20 Å². The van der Waals surface area contributed by atoms with Gasteiger partial charge in [-0.2, -0.15) is 5.10 Å². The van der Waals surface area contributed by atoms with Gasteiger partial charge >= 0.3 is 0 Å². The molecule has 2 atom stereocenters. The minimum absolute atomic E-state index is 0.253. The molecule has 33 heavy (non-hydrogen) atoms. The first-order valence-corrected chi connectivity index (χ1v) is 12.3. The van der Waals surface area contributed by atoms with Crippen LogP contribution in [0.2, 0.25) is 0 Å². The maximum Gasteiger partial charge on any atom is 0.146 e. The van der Waals surface area contributed by atoms with Crippen molar-refractivity contribution < 1.29 is 0 Å². The second kappa shape index (κ2) is 10.4. The molecule has 5 rings (SSSR count). The molecule has 6 nitrogen and oxygen atoms in total. The van der Waals surface area contributed by atoms with Gasteiger partial charge in [0.05, 0.1) is 16.7 Å². The SMILES string of the molecule is Brc1cnn2c1NC(C1CCCN(C/C=C/c3ccccc3)C1)C=C2NCc1cccnc1. The predicted octanol–water partition coefficient (Wildman–Crippen LogP) is 4.85. The summed E-state index contributed by atoms with van der Waals surface area (Å²) in [5, 5.41) is 11.9. The molecule has 0 saturated carbocycles. The van der Waals surface area contributed by atoms with Crippen LogP contribution in [0, 0.1) is 5.92 Å². The van der Waals surface area contributed by atoms with Crippen LogP contribution in [0.5, 0.6) is 0 Å². The fourth-order valence-electron chi connectivity index (χ4n) is 4.62. The van der Waals surface area contributed by atoms with Crippen molar-refractivity contribution in [3.05, 3.63) is 88.8 Å². The van der Waals surface area contributed by atoms with E-state index in [9.17, 15) is 0 Å². The summed E-state index contributed by atoms with van der Waals surface area (Å²) in [5.41, 5.74) is 2.40. The first-order valence-electron chi connectivity index (χ1n) is 11.6. The van der Waals surface area contributed by atoms with Gasteiger partial charge in [0.1, 0.15) is 11.6 Å². The number of anilines is 1. The number of benzene rings is 1. The average Bonchev–Trinajstić information content (AvgIpc) is 3.25. The topological polar surface area (TPSA) is 58.0 Å². The molecule has 1 fully saturated rings. The molecule has 170 valence electrons. The highest BCUT2D eigenvalue weighted by Crippen LogP contribution is 2.32. The summed E-state index contributed by atoms with van der Waals surface area (Å²) in [4.78, 5) is 6.79. The first-order chi connectivity index (χ1) is 16.3. The Morgan fingerprint density at radius 3 is 2.91 bits per heavy atom. The Labute approximate surface area is 203 Å². The predicted molar refractivity (Wildman–Crippen MR) is 137 cm³/mol. The largest absolute Gasteiger partial charge is 0.366 e. The third kappa shape index (κ3) is 5.37. The molecule has 2 unspecified atom stereocenters. The van der Waals surface area contributed by atoms with Crippen molar-refractivity contribution >= 4 is 33.6 Å². The van der Waals surface area contributed by atoms with Crippen LogP contribution in [0.4, 0.5) is 5.82 Å². The Morgan fingerprint density at radius 2 is 2.06 bits per heavy atom. The van der Waals surface area contributed by atoms with Gasteiger partial charge < -0.3 is 10.6 Å². The van der Waals surface area contributed by atoms with Gasteiger partial charge in [0.25, 0.3) is 0 Å². The number of piperidine rings is 1. The zero-order chi connectivity index (χ0) is 22.5. The van der Waals surface area contributed by atoms with E-state index < -0.39 is 0 Å². The van der Waals surface area contributed by atoms with Gasteiger partial charge in [-0.05, 0) is 64.5 Å². The van der Waals surface area contributed by atoms with Gasteiger partial charge in [0, 0.05) is 32.0 Å². The highest BCUT2D eigenvalue weighted by molar-refractivity contribution is 9.10. The summed E-state index contributed by atoms with van der Waals surface area (Å²) in [6.07, 6.45) is 14.8. The average molecular weight is 505 g/mol. The summed E-state index contributed by atoms with van der Waals surface area (Å²) in [7, 11) is 0. The Morgan fingerprint density at radius 1 is 1.15 bits per heavy atom. The molecule has 3 aromatic rings. The summed E-state index contributed by atoms with van der Waals surface area (Å²) in [6.45, 7) is 3.93. The second-order valence-corrected chi connectivity index (χ2v) is 9.52. The molecular weight excluding hydrogens is 476 g/mol. The zero-order valence-electron chi connectivity index (χ0n) is 18.6. The number of hydrogen-bond donors (Lipinski definition) is 2. The van der Waals surface area contributed by atoms with Crippen LogP contribution >= 0.6 is 15.9 Å². The van der Waals surface area contributed by atoms with Gasteiger partial charge in [0.2, 0.25) is 0 Å². The molecule has 0 bridgehead atoms. The highest BCUT2D eigenvalue weighted by Gasteiger charge is 2.30. The second-order valence-electron chi connectivity index (χ2n) is 8.66. The molecule has 4 heterocycles. The number of aromatic nitrogens is 3. The number of pyridine rings is 1. The molecule has 2 aliphatic heterocycles. The molecule has 0 radical (unpaired) electrons. The van der Waals surface area contributed by atoms with E-state index in [0.717, 1.165) is 41.3 Å². The fraction of sp³-hybridized carbons (Fsp3) is 0.308. The lowest BCUT2D eigenvalue weighted by Crippen LogP contribution is -2.44. The van der Waals surface area contributed by atoms with Gasteiger partial charge in [-0.15, -0.1) is 0 Å². The van der Waals surface area contributed by atoms with Crippen LogP contribution < -0.4 is 10.6 Å². The zero-order valence-corrected chi connectivity index (χ0v) is 20.2. The van der Waals surface area contributed by atoms with E-state index >= 15 is 0 Å². The maximum atomic E-state index is 4.56. The molecule has 1 saturated heterocycles. The third-order valence-corrected chi connectivity index (χ3v) is 6.89. The number of likely N-dealkylation sites (tertiary alicyclic amines) is 1. The van der Waals surface area contributed by atoms with Gasteiger partial charge in [-0.1, -0.05) is 48.6 Å². The lowest BCUT2D eigenvalue weighted by atomic mass is 9.89. The summed E-state index contributed by atoms with van der Waals surface area (Å²) in [5.74, 6) is 2.57. The summed E-state index contributed by atoms with van der Waals surface area (Å²) in [6, 6.07) is 14.8. The number of nitrogens with one attached hydrogen (secondary N) is 2. The standard InChI is InChI=1S/C26H29BrN6/c27-23-18-30-33-25(29-17-21-9-4-12-28-16-21)15-24(31-26(23)33)22-11-6-14-32(19-22)13-5-10-20-7-2-1-3-8-20/h1-5,7-10,12,15-16,18,22,24,29,31H,6,11,13-14,17,19H2/b10-5+. The third-order valence-electron chi connectivity index (χ3n) is 6.31. The molecule has 2 N–H and O–H groups in total. The molecule has 0 amide bonds. The maximum absolute atomic E-state index is 4.56. The molecular formula is C26H29BrN6. The number of halogens is 1. The molecule has 0 spiro atoms. The van der Waals surface area contributed by atoms with E-state index in [1.807, 2.05) is 23.1 Å². The van der Waals surface area contributed by atoms with E-state index in [-0.39, 0.29) is 6.04 Å².